The molecule has 0 radical (unpaired) electrons. The number of rotatable bonds is 5. The average molecular weight is 309 g/mol. The number of hydrogen-bond acceptors (Lipinski definition) is 2. The molecule has 0 spiro atoms. The molecule has 0 fully saturated rings. The lowest BCUT2D eigenvalue weighted by molar-refractivity contribution is -0.156. The van der Waals surface area contributed by atoms with Gasteiger partial charge in [0.2, 0.25) is 0 Å². The van der Waals surface area contributed by atoms with Gasteiger partial charge in [0, 0.05) is 17.1 Å². The monoisotopic (exact) mass is 308 g/mol. The number of nitrogens with two attached hydrogens (primary N) is 1. The summed E-state index contributed by atoms with van der Waals surface area (Å²) in [6.45, 7) is 4.12. The molecule has 0 saturated carbocycles. The zero-order valence-electron chi connectivity index (χ0n) is 11.8. The fourth-order valence-electron chi connectivity index (χ4n) is 2.29. The van der Waals surface area contributed by atoms with Crippen molar-refractivity contribution in [2.24, 2.45) is 5.73 Å². The fraction of sp³-hybridized carbons (Fsp3) is 0.571. The third kappa shape index (κ3) is 4.65. The molecule has 0 aromatic heterocycles. The Morgan fingerprint density at radius 3 is 2.15 bits per heavy atom. The van der Waals surface area contributed by atoms with Crippen LogP contribution in [0.2, 0.25) is 5.02 Å². The number of halogens is 4. The lowest BCUT2D eigenvalue weighted by Gasteiger charge is -2.38. The summed E-state index contributed by atoms with van der Waals surface area (Å²) in [6, 6.07) is 5.53. The van der Waals surface area contributed by atoms with Gasteiger partial charge < -0.3 is 5.73 Å². The topological polar surface area (TPSA) is 29.3 Å². The van der Waals surface area contributed by atoms with Gasteiger partial charge in [0.25, 0.3) is 0 Å². The minimum absolute atomic E-state index is 0.302. The Bertz CT molecular complexity index is 433. The normalized spacial score (nSPS) is 15.7. The Hall–Kier alpha value is -0.780. The van der Waals surface area contributed by atoms with Crippen molar-refractivity contribution in [2.75, 3.05) is 6.54 Å². The smallest absolute Gasteiger partial charge is 0.326 e. The van der Waals surface area contributed by atoms with Crippen molar-refractivity contribution >= 4 is 11.6 Å². The first-order valence-corrected chi connectivity index (χ1v) is 6.83. The van der Waals surface area contributed by atoms with Gasteiger partial charge in [-0.25, -0.2) is 0 Å². The van der Waals surface area contributed by atoms with Crippen molar-refractivity contribution in [2.45, 2.75) is 45.1 Å². The van der Waals surface area contributed by atoms with Gasteiger partial charge >= 0.3 is 6.18 Å². The van der Waals surface area contributed by atoms with E-state index in [0.717, 1.165) is 0 Å². The predicted molar refractivity (Wildman–Crippen MR) is 75.7 cm³/mol. The van der Waals surface area contributed by atoms with Crippen LogP contribution >= 0.6 is 11.6 Å². The van der Waals surface area contributed by atoms with Crippen LogP contribution in [0.4, 0.5) is 13.2 Å². The summed E-state index contributed by atoms with van der Waals surface area (Å²) < 4.78 is 38.4. The standard InChI is InChI=1S/C14H20ClF3N2/c1-9(2)20(8-14(16,17)18)13(10(3)19)11-6-4-5-7-12(11)15/h4-7,9-10,13H,8,19H2,1-3H3. The molecule has 0 bridgehead atoms. The molecule has 0 saturated heterocycles. The van der Waals surface area contributed by atoms with Gasteiger partial charge in [-0.1, -0.05) is 29.8 Å². The summed E-state index contributed by atoms with van der Waals surface area (Å²) in [7, 11) is 0. The van der Waals surface area contributed by atoms with Gasteiger partial charge in [-0.15, -0.1) is 0 Å². The molecule has 2 atom stereocenters. The molecule has 2 N–H and O–H groups in total. The summed E-state index contributed by atoms with van der Waals surface area (Å²) >= 11 is 6.12. The lowest BCUT2D eigenvalue weighted by atomic mass is 9.97. The van der Waals surface area contributed by atoms with Crippen LogP contribution in [0, 0.1) is 0 Å². The number of nitrogens with zero attached hydrogens (tertiary/aromatic N) is 1. The lowest BCUT2D eigenvalue weighted by Crippen LogP contribution is -2.47. The molecule has 114 valence electrons. The fourth-order valence-corrected chi connectivity index (χ4v) is 2.54. The molecule has 0 aliphatic rings. The maximum atomic E-state index is 12.8. The first-order valence-electron chi connectivity index (χ1n) is 6.46. The second-order valence-electron chi connectivity index (χ2n) is 5.21. The van der Waals surface area contributed by atoms with Crippen molar-refractivity contribution in [1.82, 2.24) is 4.90 Å². The van der Waals surface area contributed by atoms with Crippen LogP contribution in [0.15, 0.2) is 24.3 Å². The highest BCUT2D eigenvalue weighted by Gasteiger charge is 2.37. The quantitative estimate of drug-likeness (QED) is 0.891. The summed E-state index contributed by atoms with van der Waals surface area (Å²) in [5.74, 6) is 0. The van der Waals surface area contributed by atoms with E-state index in [0.29, 0.717) is 10.6 Å². The van der Waals surface area contributed by atoms with E-state index in [9.17, 15) is 13.2 Å². The zero-order chi connectivity index (χ0) is 15.5. The third-order valence-electron chi connectivity index (χ3n) is 3.10. The maximum Gasteiger partial charge on any atom is 0.401 e. The molecule has 0 aliphatic heterocycles. The molecule has 1 aromatic rings. The van der Waals surface area contributed by atoms with Gasteiger partial charge in [0.1, 0.15) is 0 Å². The SMILES string of the molecule is CC(N)C(c1ccccc1Cl)N(CC(F)(F)F)C(C)C. The minimum atomic E-state index is -4.28. The number of alkyl halides is 3. The summed E-state index contributed by atoms with van der Waals surface area (Å²) in [6.07, 6.45) is -4.28. The first kappa shape index (κ1) is 17.3. The highest BCUT2D eigenvalue weighted by molar-refractivity contribution is 6.31. The van der Waals surface area contributed by atoms with Crippen LogP contribution in [0.5, 0.6) is 0 Å². The molecular formula is C14H20ClF3N2. The molecule has 0 amide bonds. The van der Waals surface area contributed by atoms with Crippen molar-refractivity contribution in [3.8, 4) is 0 Å². The van der Waals surface area contributed by atoms with Crippen molar-refractivity contribution in [3.63, 3.8) is 0 Å². The van der Waals surface area contributed by atoms with Crippen molar-refractivity contribution in [3.05, 3.63) is 34.9 Å². The van der Waals surface area contributed by atoms with E-state index in [1.54, 1.807) is 45.0 Å². The molecular weight excluding hydrogens is 289 g/mol. The molecule has 1 rings (SSSR count). The summed E-state index contributed by atoms with van der Waals surface area (Å²) in [5.41, 5.74) is 6.55. The molecule has 20 heavy (non-hydrogen) atoms. The second kappa shape index (κ2) is 6.78. The molecule has 1 aromatic carbocycles. The Labute approximate surface area is 122 Å². The Morgan fingerprint density at radius 1 is 1.20 bits per heavy atom. The summed E-state index contributed by atoms with van der Waals surface area (Å²) in [4.78, 5) is 1.34. The zero-order valence-corrected chi connectivity index (χ0v) is 12.5. The van der Waals surface area contributed by atoms with E-state index in [4.69, 9.17) is 17.3 Å². The first-order chi connectivity index (χ1) is 9.13. The molecule has 0 heterocycles. The van der Waals surface area contributed by atoms with E-state index in [1.807, 2.05) is 0 Å². The van der Waals surface area contributed by atoms with Crippen LogP contribution in [0.25, 0.3) is 0 Å². The predicted octanol–water partition coefficient (Wildman–Crippen LogP) is 4.00. The van der Waals surface area contributed by atoms with Crippen LogP contribution < -0.4 is 5.73 Å². The van der Waals surface area contributed by atoms with E-state index in [-0.39, 0.29) is 6.04 Å². The Kier molecular flexibility index (Phi) is 5.86. The molecule has 2 unspecified atom stereocenters. The second-order valence-corrected chi connectivity index (χ2v) is 5.61. The van der Waals surface area contributed by atoms with E-state index in [2.05, 4.69) is 0 Å². The molecule has 2 nitrogen and oxygen atoms in total. The maximum absolute atomic E-state index is 12.8. The average Bonchev–Trinajstić information content (AvgIpc) is 2.28. The van der Waals surface area contributed by atoms with Gasteiger partial charge in [-0.3, -0.25) is 4.90 Å². The van der Waals surface area contributed by atoms with Crippen molar-refractivity contribution < 1.29 is 13.2 Å². The molecule has 6 heteroatoms. The Morgan fingerprint density at radius 2 is 1.75 bits per heavy atom. The largest absolute Gasteiger partial charge is 0.401 e. The van der Waals surface area contributed by atoms with Gasteiger partial charge in [0.05, 0.1) is 12.6 Å². The highest BCUT2D eigenvalue weighted by atomic mass is 35.5. The van der Waals surface area contributed by atoms with Crippen molar-refractivity contribution in [1.29, 1.82) is 0 Å². The van der Waals surface area contributed by atoms with E-state index in [1.165, 1.54) is 4.90 Å². The minimum Gasteiger partial charge on any atom is -0.326 e. The Balaban J connectivity index is 3.19. The van der Waals surface area contributed by atoms with Crippen LogP contribution in [-0.4, -0.2) is 29.7 Å². The van der Waals surface area contributed by atoms with Gasteiger partial charge in [-0.05, 0) is 32.4 Å². The van der Waals surface area contributed by atoms with Gasteiger partial charge in [0.15, 0.2) is 0 Å². The number of benzene rings is 1. The van der Waals surface area contributed by atoms with Gasteiger partial charge in [-0.2, -0.15) is 13.2 Å². The van der Waals surface area contributed by atoms with E-state index < -0.39 is 24.8 Å². The number of hydrogen-bond donors (Lipinski definition) is 1. The summed E-state index contributed by atoms with van der Waals surface area (Å²) in [5, 5.41) is 0.433. The molecule has 0 aliphatic carbocycles. The van der Waals surface area contributed by atoms with E-state index >= 15 is 0 Å². The highest BCUT2D eigenvalue weighted by Crippen LogP contribution is 2.33. The third-order valence-corrected chi connectivity index (χ3v) is 3.45. The van der Waals surface area contributed by atoms with Crippen LogP contribution in [0.1, 0.15) is 32.4 Å². The van der Waals surface area contributed by atoms with Crippen LogP contribution in [-0.2, 0) is 0 Å². The van der Waals surface area contributed by atoms with Crippen LogP contribution in [0.3, 0.4) is 0 Å².